The number of aromatic nitrogens is 2. The Hall–Kier alpha value is -1.95. The number of hydrogen-bond acceptors (Lipinski definition) is 3. The first kappa shape index (κ1) is 16.4. The lowest BCUT2D eigenvalue weighted by atomic mass is 10.1. The van der Waals surface area contributed by atoms with E-state index < -0.39 is 0 Å². The van der Waals surface area contributed by atoms with Gasteiger partial charge in [-0.1, -0.05) is 35.0 Å². The second-order valence-electron chi connectivity index (χ2n) is 5.10. The molecule has 0 aliphatic rings. The van der Waals surface area contributed by atoms with Gasteiger partial charge in [-0.3, -0.25) is 9.59 Å². The number of benzene rings is 1. The number of carbonyl (C=O) groups excluding carboxylic acids is 1. The van der Waals surface area contributed by atoms with Gasteiger partial charge in [0, 0.05) is 22.1 Å². The van der Waals surface area contributed by atoms with Crippen LogP contribution >= 0.6 is 15.9 Å². The number of nitrogens with zero attached hydrogens (tertiary/aromatic N) is 2. The molecule has 0 aliphatic carbocycles. The summed E-state index contributed by atoms with van der Waals surface area (Å²) in [6.07, 6.45) is 0.840. The molecule has 1 heterocycles. The molecule has 2 aromatic rings. The molecule has 1 amide bonds. The molecule has 1 aromatic heterocycles. The molecule has 1 N–H and O–H groups in total. The maximum Gasteiger partial charge on any atom is 0.267 e. The molecular weight excluding hydrogens is 346 g/mol. The highest BCUT2D eigenvalue weighted by Gasteiger charge is 2.09. The van der Waals surface area contributed by atoms with Crippen LogP contribution in [0.2, 0.25) is 0 Å². The lowest BCUT2D eigenvalue weighted by molar-refractivity contribution is -0.122. The second kappa shape index (κ2) is 7.35. The summed E-state index contributed by atoms with van der Waals surface area (Å²) in [5.74, 6) is -0.211. The van der Waals surface area contributed by atoms with E-state index in [1.807, 2.05) is 38.1 Å². The van der Waals surface area contributed by atoms with Crippen molar-refractivity contribution in [3.63, 3.8) is 0 Å². The van der Waals surface area contributed by atoms with Gasteiger partial charge in [0.05, 0.1) is 5.69 Å². The van der Waals surface area contributed by atoms with Crippen molar-refractivity contribution >= 4 is 21.8 Å². The standard InChI is InChI=1S/C16H18BrN3O2/c1-3-11(2)18-15(21)10-20-16(22)9-8-14(19-20)12-4-6-13(17)7-5-12/h4-9,11H,3,10H2,1-2H3,(H,18,21)/t11-/m0/s1. The van der Waals surface area contributed by atoms with Gasteiger partial charge in [0.25, 0.3) is 5.56 Å². The van der Waals surface area contributed by atoms with Gasteiger partial charge < -0.3 is 5.32 Å². The number of hydrogen-bond donors (Lipinski definition) is 1. The predicted octanol–water partition coefficient (Wildman–Crippen LogP) is 2.59. The van der Waals surface area contributed by atoms with E-state index in [2.05, 4.69) is 26.3 Å². The highest BCUT2D eigenvalue weighted by molar-refractivity contribution is 9.10. The van der Waals surface area contributed by atoms with Crippen LogP contribution in [0.3, 0.4) is 0 Å². The molecule has 6 heteroatoms. The summed E-state index contributed by atoms with van der Waals surface area (Å²) in [7, 11) is 0. The van der Waals surface area contributed by atoms with Gasteiger partial charge in [-0.15, -0.1) is 0 Å². The fourth-order valence-electron chi connectivity index (χ4n) is 1.90. The third-order valence-electron chi connectivity index (χ3n) is 3.32. The van der Waals surface area contributed by atoms with Crippen LogP contribution in [0.4, 0.5) is 0 Å². The van der Waals surface area contributed by atoms with Gasteiger partial charge in [0.15, 0.2) is 0 Å². The molecule has 0 spiro atoms. The molecule has 2 rings (SSSR count). The van der Waals surface area contributed by atoms with Crippen molar-refractivity contribution < 1.29 is 4.79 Å². The number of halogens is 1. The van der Waals surface area contributed by atoms with Crippen LogP contribution in [0, 0.1) is 0 Å². The number of nitrogens with one attached hydrogen (secondary N) is 1. The van der Waals surface area contributed by atoms with Crippen LogP contribution in [0.5, 0.6) is 0 Å². The first-order valence-corrected chi connectivity index (χ1v) is 7.92. The first-order valence-electron chi connectivity index (χ1n) is 7.13. The Morgan fingerprint density at radius 3 is 2.59 bits per heavy atom. The van der Waals surface area contributed by atoms with E-state index in [4.69, 9.17) is 0 Å². The molecule has 1 atom stereocenters. The fraction of sp³-hybridized carbons (Fsp3) is 0.312. The van der Waals surface area contributed by atoms with Crippen molar-refractivity contribution in [1.29, 1.82) is 0 Å². The van der Waals surface area contributed by atoms with Crippen LogP contribution in [-0.4, -0.2) is 21.7 Å². The first-order chi connectivity index (χ1) is 10.5. The summed E-state index contributed by atoms with van der Waals surface area (Å²) in [5, 5.41) is 7.10. The molecule has 116 valence electrons. The smallest absolute Gasteiger partial charge is 0.267 e. The molecule has 0 unspecified atom stereocenters. The predicted molar refractivity (Wildman–Crippen MR) is 89.5 cm³/mol. The second-order valence-corrected chi connectivity index (χ2v) is 6.01. The van der Waals surface area contributed by atoms with Gasteiger partial charge in [-0.25, -0.2) is 4.68 Å². The van der Waals surface area contributed by atoms with Crippen LogP contribution in [0.1, 0.15) is 20.3 Å². The van der Waals surface area contributed by atoms with Crippen LogP contribution in [-0.2, 0) is 11.3 Å². The zero-order valence-electron chi connectivity index (χ0n) is 12.5. The third kappa shape index (κ3) is 4.27. The number of rotatable bonds is 5. The third-order valence-corrected chi connectivity index (χ3v) is 3.85. The van der Waals surface area contributed by atoms with Crippen molar-refractivity contribution in [3.8, 4) is 11.3 Å². The Morgan fingerprint density at radius 1 is 1.27 bits per heavy atom. The topological polar surface area (TPSA) is 64.0 Å². The Kier molecular flexibility index (Phi) is 5.49. The number of carbonyl (C=O) groups is 1. The van der Waals surface area contributed by atoms with Gasteiger partial charge in [-0.05, 0) is 31.5 Å². The van der Waals surface area contributed by atoms with Crippen molar-refractivity contribution in [2.75, 3.05) is 0 Å². The zero-order valence-corrected chi connectivity index (χ0v) is 14.1. The minimum Gasteiger partial charge on any atom is -0.352 e. The van der Waals surface area contributed by atoms with E-state index in [1.165, 1.54) is 10.7 Å². The number of amides is 1. The van der Waals surface area contributed by atoms with Gasteiger partial charge in [-0.2, -0.15) is 5.10 Å². The van der Waals surface area contributed by atoms with Crippen LogP contribution < -0.4 is 10.9 Å². The van der Waals surface area contributed by atoms with E-state index in [1.54, 1.807) is 6.07 Å². The van der Waals surface area contributed by atoms with Crippen molar-refractivity contribution in [2.24, 2.45) is 0 Å². The molecule has 1 aromatic carbocycles. The van der Waals surface area contributed by atoms with Crippen molar-refractivity contribution in [1.82, 2.24) is 15.1 Å². The normalized spacial score (nSPS) is 12.0. The molecule has 0 aliphatic heterocycles. The Balaban J connectivity index is 2.22. The van der Waals surface area contributed by atoms with E-state index in [-0.39, 0.29) is 24.1 Å². The minimum absolute atomic E-state index is 0.0759. The van der Waals surface area contributed by atoms with E-state index >= 15 is 0 Å². The summed E-state index contributed by atoms with van der Waals surface area (Å²) >= 11 is 3.38. The minimum atomic E-state index is -0.292. The average molecular weight is 364 g/mol. The molecule has 0 saturated carbocycles. The monoisotopic (exact) mass is 363 g/mol. The van der Waals surface area contributed by atoms with Crippen molar-refractivity contribution in [2.45, 2.75) is 32.9 Å². The molecule has 22 heavy (non-hydrogen) atoms. The van der Waals surface area contributed by atoms with Crippen LogP contribution in [0.25, 0.3) is 11.3 Å². The van der Waals surface area contributed by atoms with E-state index in [9.17, 15) is 9.59 Å². The molecule has 0 radical (unpaired) electrons. The molecule has 0 saturated heterocycles. The highest BCUT2D eigenvalue weighted by atomic mass is 79.9. The Bertz CT molecular complexity index is 710. The van der Waals surface area contributed by atoms with E-state index in [0.29, 0.717) is 5.69 Å². The van der Waals surface area contributed by atoms with Crippen LogP contribution in [0.15, 0.2) is 45.7 Å². The Morgan fingerprint density at radius 2 is 1.95 bits per heavy atom. The molecule has 0 bridgehead atoms. The maximum atomic E-state index is 11.9. The summed E-state index contributed by atoms with van der Waals surface area (Å²) in [5.41, 5.74) is 1.25. The van der Waals surface area contributed by atoms with Gasteiger partial charge in [0.1, 0.15) is 6.54 Å². The quantitative estimate of drug-likeness (QED) is 0.887. The maximum absolute atomic E-state index is 11.9. The molecule has 5 nitrogen and oxygen atoms in total. The SMILES string of the molecule is CC[C@H](C)NC(=O)Cn1nc(-c2ccc(Br)cc2)ccc1=O. The fourth-order valence-corrected chi connectivity index (χ4v) is 2.16. The Labute approximate surface area is 137 Å². The summed E-state index contributed by atoms with van der Waals surface area (Å²) < 4.78 is 2.16. The zero-order chi connectivity index (χ0) is 16.1. The summed E-state index contributed by atoms with van der Waals surface area (Å²) in [6.45, 7) is 3.84. The summed E-state index contributed by atoms with van der Waals surface area (Å²) in [4.78, 5) is 23.8. The lowest BCUT2D eigenvalue weighted by Crippen LogP contribution is -2.37. The van der Waals surface area contributed by atoms with Crippen molar-refractivity contribution in [3.05, 3.63) is 51.2 Å². The van der Waals surface area contributed by atoms with Gasteiger partial charge >= 0.3 is 0 Å². The molecular formula is C16H18BrN3O2. The lowest BCUT2D eigenvalue weighted by Gasteiger charge is -2.12. The largest absolute Gasteiger partial charge is 0.352 e. The summed E-state index contributed by atoms with van der Waals surface area (Å²) in [6, 6.07) is 10.8. The molecule has 0 fully saturated rings. The average Bonchev–Trinajstić information content (AvgIpc) is 2.50. The van der Waals surface area contributed by atoms with Gasteiger partial charge in [0.2, 0.25) is 5.91 Å². The van der Waals surface area contributed by atoms with E-state index in [0.717, 1.165) is 16.5 Å². The highest BCUT2D eigenvalue weighted by Crippen LogP contribution is 2.18.